The van der Waals surface area contributed by atoms with Crippen molar-refractivity contribution in [2.75, 3.05) is 0 Å². The number of aliphatic hydroxyl groups excluding tert-OH is 1. The van der Waals surface area contributed by atoms with Crippen LogP contribution in [0.15, 0.2) is 35.3 Å². The van der Waals surface area contributed by atoms with E-state index in [1.807, 2.05) is 12.1 Å². The summed E-state index contributed by atoms with van der Waals surface area (Å²) in [5.74, 6) is 0. The highest BCUT2D eigenvalue weighted by Crippen LogP contribution is 2.30. The molecule has 3 heteroatoms. The van der Waals surface area contributed by atoms with Crippen molar-refractivity contribution in [3.8, 4) is 0 Å². The molecule has 1 rings (SSSR count). The second-order valence-corrected chi connectivity index (χ2v) is 3.56. The van der Waals surface area contributed by atoms with E-state index in [4.69, 9.17) is 11.6 Å². The van der Waals surface area contributed by atoms with Crippen LogP contribution < -0.4 is 0 Å². The standard InChI is InChI=1S/C9H8BrClO/c1-2-8(12)6-4-3-5-7(10)9(6)11/h2-5,8,12H,1H2. The Balaban J connectivity index is 3.15. The first-order valence-corrected chi connectivity index (χ1v) is 4.58. The van der Waals surface area contributed by atoms with Crippen LogP contribution in [0.25, 0.3) is 0 Å². The van der Waals surface area contributed by atoms with Gasteiger partial charge in [-0.15, -0.1) is 6.58 Å². The Morgan fingerprint density at radius 2 is 2.25 bits per heavy atom. The summed E-state index contributed by atoms with van der Waals surface area (Å²) < 4.78 is 0.780. The normalized spacial score (nSPS) is 12.6. The van der Waals surface area contributed by atoms with Crippen LogP contribution in [0.2, 0.25) is 5.02 Å². The van der Waals surface area contributed by atoms with Gasteiger partial charge in [-0.2, -0.15) is 0 Å². The van der Waals surface area contributed by atoms with Gasteiger partial charge >= 0.3 is 0 Å². The van der Waals surface area contributed by atoms with Crippen LogP contribution in [0.4, 0.5) is 0 Å². The molecule has 12 heavy (non-hydrogen) atoms. The third-order valence-electron chi connectivity index (χ3n) is 1.52. The van der Waals surface area contributed by atoms with E-state index in [1.54, 1.807) is 6.07 Å². The van der Waals surface area contributed by atoms with Crippen molar-refractivity contribution in [1.29, 1.82) is 0 Å². The summed E-state index contributed by atoms with van der Waals surface area (Å²) in [6.45, 7) is 3.48. The lowest BCUT2D eigenvalue weighted by molar-refractivity contribution is 0.229. The zero-order chi connectivity index (χ0) is 9.14. The van der Waals surface area contributed by atoms with Gasteiger partial charge in [-0.3, -0.25) is 0 Å². The maximum atomic E-state index is 9.41. The molecule has 0 aliphatic rings. The van der Waals surface area contributed by atoms with Gasteiger partial charge in [0.25, 0.3) is 0 Å². The molecule has 64 valence electrons. The van der Waals surface area contributed by atoms with Crippen LogP contribution >= 0.6 is 27.5 Å². The first-order chi connectivity index (χ1) is 5.66. The highest BCUT2D eigenvalue weighted by molar-refractivity contribution is 9.10. The van der Waals surface area contributed by atoms with Crippen molar-refractivity contribution in [2.24, 2.45) is 0 Å². The minimum atomic E-state index is -0.699. The largest absolute Gasteiger partial charge is 0.384 e. The van der Waals surface area contributed by atoms with Crippen LogP contribution in [-0.2, 0) is 0 Å². The number of hydrogen-bond acceptors (Lipinski definition) is 1. The topological polar surface area (TPSA) is 20.2 Å². The SMILES string of the molecule is C=CC(O)c1cccc(Br)c1Cl. The van der Waals surface area contributed by atoms with Gasteiger partial charge in [-0.1, -0.05) is 29.8 Å². The van der Waals surface area contributed by atoms with Gasteiger partial charge in [0.05, 0.1) is 11.1 Å². The molecule has 1 aromatic carbocycles. The molecule has 0 heterocycles. The molecular formula is C9H8BrClO. The lowest BCUT2D eigenvalue weighted by atomic mass is 10.1. The van der Waals surface area contributed by atoms with Crippen molar-refractivity contribution < 1.29 is 5.11 Å². The zero-order valence-corrected chi connectivity index (χ0v) is 8.64. The molecule has 0 saturated carbocycles. The Morgan fingerprint density at radius 1 is 1.58 bits per heavy atom. The molecule has 0 aromatic heterocycles. The van der Waals surface area contributed by atoms with Crippen LogP contribution in [0.1, 0.15) is 11.7 Å². The third-order valence-corrected chi connectivity index (χ3v) is 2.83. The Bertz CT molecular complexity index is 299. The van der Waals surface area contributed by atoms with Crippen molar-refractivity contribution >= 4 is 27.5 Å². The molecule has 0 fully saturated rings. The molecule has 0 amide bonds. The van der Waals surface area contributed by atoms with Gasteiger partial charge in [0, 0.05) is 10.0 Å². The molecule has 1 N–H and O–H groups in total. The van der Waals surface area contributed by atoms with Crippen molar-refractivity contribution in [3.05, 3.63) is 45.9 Å². The summed E-state index contributed by atoms with van der Waals surface area (Å²) in [6.07, 6.45) is 0.739. The Morgan fingerprint density at radius 3 is 2.83 bits per heavy atom. The zero-order valence-electron chi connectivity index (χ0n) is 6.30. The third kappa shape index (κ3) is 1.89. The summed E-state index contributed by atoms with van der Waals surface area (Å²) in [4.78, 5) is 0. The van der Waals surface area contributed by atoms with Gasteiger partial charge in [0.15, 0.2) is 0 Å². The van der Waals surface area contributed by atoms with E-state index in [2.05, 4.69) is 22.5 Å². The molecule has 1 unspecified atom stereocenters. The predicted octanol–water partition coefficient (Wildman–Crippen LogP) is 3.32. The van der Waals surface area contributed by atoms with Gasteiger partial charge in [-0.05, 0) is 22.0 Å². The van der Waals surface area contributed by atoms with Gasteiger partial charge < -0.3 is 5.11 Å². The number of aliphatic hydroxyl groups is 1. The number of rotatable bonds is 2. The molecule has 1 aromatic rings. The summed E-state index contributed by atoms with van der Waals surface area (Å²) in [6, 6.07) is 5.40. The monoisotopic (exact) mass is 246 g/mol. The molecule has 0 radical (unpaired) electrons. The van der Waals surface area contributed by atoms with E-state index in [0.29, 0.717) is 10.6 Å². The predicted molar refractivity (Wildman–Crippen MR) is 54.3 cm³/mol. The summed E-state index contributed by atoms with van der Waals surface area (Å²) in [7, 11) is 0. The number of benzene rings is 1. The van der Waals surface area contributed by atoms with Gasteiger partial charge in [0.1, 0.15) is 0 Å². The van der Waals surface area contributed by atoms with E-state index in [0.717, 1.165) is 4.47 Å². The molecule has 0 spiro atoms. The van der Waals surface area contributed by atoms with Gasteiger partial charge in [0.2, 0.25) is 0 Å². The molecule has 0 aliphatic heterocycles. The fraction of sp³-hybridized carbons (Fsp3) is 0.111. The van der Waals surface area contributed by atoms with Crippen LogP contribution in [0.3, 0.4) is 0 Å². The first-order valence-electron chi connectivity index (χ1n) is 3.41. The lowest BCUT2D eigenvalue weighted by Gasteiger charge is -2.08. The number of halogens is 2. The second kappa shape index (κ2) is 4.08. The highest BCUT2D eigenvalue weighted by Gasteiger charge is 2.09. The summed E-state index contributed by atoms with van der Waals surface area (Å²) >= 11 is 9.18. The highest BCUT2D eigenvalue weighted by atomic mass is 79.9. The van der Waals surface area contributed by atoms with Crippen LogP contribution in [-0.4, -0.2) is 5.11 Å². The van der Waals surface area contributed by atoms with Crippen molar-refractivity contribution in [3.63, 3.8) is 0 Å². The van der Waals surface area contributed by atoms with E-state index in [9.17, 15) is 5.11 Å². The summed E-state index contributed by atoms with van der Waals surface area (Å²) in [5.41, 5.74) is 0.668. The summed E-state index contributed by atoms with van der Waals surface area (Å²) in [5, 5.41) is 9.94. The molecule has 1 nitrogen and oxygen atoms in total. The molecule has 0 bridgehead atoms. The molecule has 1 atom stereocenters. The smallest absolute Gasteiger partial charge is 0.0983 e. The minimum absolute atomic E-state index is 0.532. The fourth-order valence-corrected chi connectivity index (χ4v) is 1.50. The quantitative estimate of drug-likeness (QED) is 0.795. The van der Waals surface area contributed by atoms with Crippen LogP contribution in [0.5, 0.6) is 0 Å². The Kier molecular flexibility index (Phi) is 3.32. The van der Waals surface area contributed by atoms with Crippen molar-refractivity contribution in [1.82, 2.24) is 0 Å². The van der Waals surface area contributed by atoms with Crippen LogP contribution in [0, 0.1) is 0 Å². The van der Waals surface area contributed by atoms with E-state index < -0.39 is 6.10 Å². The average molecular weight is 248 g/mol. The maximum absolute atomic E-state index is 9.41. The first kappa shape index (κ1) is 9.78. The average Bonchev–Trinajstić information content (AvgIpc) is 2.08. The van der Waals surface area contributed by atoms with E-state index >= 15 is 0 Å². The Labute approximate surface area is 84.8 Å². The second-order valence-electron chi connectivity index (χ2n) is 2.32. The van der Waals surface area contributed by atoms with Gasteiger partial charge in [-0.25, -0.2) is 0 Å². The van der Waals surface area contributed by atoms with E-state index in [-0.39, 0.29) is 0 Å². The maximum Gasteiger partial charge on any atom is 0.0983 e. The van der Waals surface area contributed by atoms with Crippen molar-refractivity contribution in [2.45, 2.75) is 6.10 Å². The molecular weight excluding hydrogens is 239 g/mol. The molecule has 0 aliphatic carbocycles. The lowest BCUT2D eigenvalue weighted by Crippen LogP contribution is -1.93. The minimum Gasteiger partial charge on any atom is -0.384 e. The van der Waals surface area contributed by atoms with E-state index in [1.165, 1.54) is 6.08 Å². The Hall–Kier alpha value is -0.310. The number of hydrogen-bond donors (Lipinski definition) is 1. The molecule has 0 saturated heterocycles. The fourth-order valence-electron chi connectivity index (χ4n) is 0.876.